The molecule has 1 heterocycles. The van der Waals surface area contributed by atoms with Crippen molar-refractivity contribution in [3.05, 3.63) is 0 Å². The van der Waals surface area contributed by atoms with E-state index >= 15 is 0 Å². The molecule has 1 saturated carbocycles. The van der Waals surface area contributed by atoms with E-state index in [1.165, 1.54) is 0 Å². The average molecular weight is 311 g/mol. The largest absolute Gasteiger partial charge is 0.458 e. The summed E-state index contributed by atoms with van der Waals surface area (Å²) in [5, 5.41) is 0. The maximum absolute atomic E-state index is 12.5. The summed E-state index contributed by atoms with van der Waals surface area (Å²) in [6, 6.07) is -0.885. The van der Waals surface area contributed by atoms with Crippen molar-refractivity contribution < 1.29 is 23.9 Å². The number of rotatable bonds is 1. The van der Waals surface area contributed by atoms with Gasteiger partial charge in [0.1, 0.15) is 17.2 Å². The van der Waals surface area contributed by atoms with Gasteiger partial charge < -0.3 is 9.47 Å². The second-order valence-electron chi connectivity index (χ2n) is 8.19. The quantitative estimate of drug-likeness (QED) is 0.696. The van der Waals surface area contributed by atoms with Crippen LogP contribution in [-0.2, 0) is 19.1 Å². The Morgan fingerprint density at radius 3 is 1.95 bits per heavy atom. The molecule has 0 aromatic rings. The molecule has 6 nitrogen and oxygen atoms in total. The second-order valence-corrected chi connectivity index (χ2v) is 8.19. The normalized spacial score (nSPS) is 23.6. The van der Waals surface area contributed by atoms with E-state index in [1.807, 2.05) is 0 Å². The van der Waals surface area contributed by atoms with Gasteiger partial charge in [0.25, 0.3) is 0 Å². The van der Waals surface area contributed by atoms with Gasteiger partial charge in [-0.3, -0.25) is 4.79 Å². The number of carbonyl (C=O) groups excluding carboxylic acids is 3. The molecule has 124 valence electrons. The number of carbonyl (C=O) groups is 3. The van der Waals surface area contributed by atoms with Gasteiger partial charge in [-0.2, -0.15) is 0 Å². The molecule has 2 amide bonds. The summed E-state index contributed by atoms with van der Waals surface area (Å²) in [7, 11) is 0. The molecule has 1 atom stereocenters. The number of hydrogen-bond donors (Lipinski definition) is 0. The standard InChI is InChI=1S/C16H25NO5/c1-14(2,3)21-11(18)10-9-16(7-8-16)12(19)17(10)13(20)22-15(4,5)6/h10H,7-9H2,1-6H3/t10-/m0/s1. The summed E-state index contributed by atoms with van der Waals surface area (Å²) in [5.74, 6) is -0.854. The molecular formula is C16H25NO5. The van der Waals surface area contributed by atoms with Gasteiger partial charge >= 0.3 is 12.1 Å². The van der Waals surface area contributed by atoms with Crippen LogP contribution in [0.4, 0.5) is 4.79 Å². The third-order valence-corrected chi connectivity index (χ3v) is 3.69. The van der Waals surface area contributed by atoms with Crippen LogP contribution in [0.25, 0.3) is 0 Å². The van der Waals surface area contributed by atoms with Crippen molar-refractivity contribution in [1.82, 2.24) is 4.90 Å². The average Bonchev–Trinajstić information content (AvgIpc) is 2.97. The number of amides is 2. The smallest absolute Gasteiger partial charge is 0.417 e. The first-order valence-corrected chi connectivity index (χ1v) is 7.64. The summed E-state index contributed by atoms with van der Waals surface area (Å²) in [5.41, 5.74) is -1.95. The van der Waals surface area contributed by atoms with E-state index in [2.05, 4.69) is 0 Å². The third kappa shape index (κ3) is 3.42. The molecule has 0 unspecified atom stereocenters. The molecule has 1 saturated heterocycles. The van der Waals surface area contributed by atoms with Gasteiger partial charge in [0, 0.05) is 0 Å². The molecule has 0 bridgehead atoms. The molecule has 1 aliphatic carbocycles. The maximum atomic E-state index is 12.5. The maximum Gasteiger partial charge on any atom is 0.417 e. The van der Waals surface area contributed by atoms with Crippen LogP contribution in [-0.4, -0.2) is 40.1 Å². The summed E-state index contributed by atoms with van der Waals surface area (Å²) < 4.78 is 10.6. The highest BCUT2D eigenvalue weighted by atomic mass is 16.6. The summed E-state index contributed by atoms with van der Waals surface area (Å²) in [6.07, 6.45) is 0.992. The van der Waals surface area contributed by atoms with E-state index in [9.17, 15) is 14.4 Å². The zero-order valence-electron chi connectivity index (χ0n) is 14.2. The zero-order valence-corrected chi connectivity index (χ0v) is 14.2. The first-order valence-electron chi connectivity index (χ1n) is 7.64. The van der Waals surface area contributed by atoms with Gasteiger partial charge in [-0.25, -0.2) is 14.5 Å². The van der Waals surface area contributed by atoms with Crippen molar-refractivity contribution >= 4 is 18.0 Å². The first kappa shape index (κ1) is 16.8. The Labute approximate surface area is 131 Å². The molecule has 0 radical (unpaired) electrons. The topological polar surface area (TPSA) is 72.9 Å². The predicted octanol–water partition coefficient (Wildman–Crippen LogP) is 2.64. The van der Waals surface area contributed by atoms with E-state index < -0.39 is 34.7 Å². The predicted molar refractivity (Wildman–Crippen MR) is 79.0 cm³/mol. The zero-order chi connectivity index (χ0) is 16.9. The van der Waals surface area contributed by atoms with Crippen LogP contribution in [0, 0.1) is 5.41 Å². The molecular weight excluding hydrogens is 286 g/mol. The molecule has 22 heavy (non-hydrogen) atoms. The Morgan fingerprint density at radius 2 is 1.55 bits per heavy atom. The number of esters is 1. The van der Waals surface area contributed by atoms with E-state index in [0.717, 1.165) is 4.90 Å². The van der Waals surface area contributed by atoms with Crippen molar-refractivity contribution in [2.75, 3.05) is 0 Å². The number of nitrogens with zero attached hydrogens (tertiary/aromatic N) is 1. The Bertz CT molecular complexity index is 508. The van der Waals surface area contributed by atoms with Gasteiger partial charge in [-0.05, 0) is 60.8 Å². The molecule has 2 fully saturated rings. The minimum absolute atomic E-state index is 0.308. The van der Waals surface area contributed by atoms with Crippen LogP contribution in [0.1, 0.15) is 60.8 Å². The molecule has 0 aromatic carbocycles. The SMILES string of the molecule is CC(C)(C)OC(=O)[C@@H]1CC2(CC2)C(=O)N1C(=O)OC(C)(C)C. The molecule has 1 aliphatic heterocycles. The minimum atomic E-state index is -0.885. The highest BCUT2D eigenvalue weighted by molar-refractivity contribution is 6.03. The molecule has 2 rings (SSSR count). The number of imide groups is 1. The highest BCUT2D eigenvalue weighted by Crippen LogP contribution is 2.56. The van der Waals surface area contributed by atoms with E-state index in [0.29, 0.717) is 19.3 Å². The molecule has 0 aromatic heterocycles. The third-order valence-electron chi connectivity index (χ3n) is 3.69. The first-order chi connectivity index (χ1) is 9.85. The van der Waals surface area contributed by atoms with Crippen LogP contribution in [0.3, 0.4) is 0 Å². The monoisotopic (exact) mass is 311 g/mol. The fraction of sp³-hybridized carbons (Fsp3) is 0.812. The summed E-state index contributed by atoms with van der Waals surface area (Å²) in [4.78, 5) is 38.2. The Balaban J connectivity index is 2.21. The fourth-order valence-corrected chi connectivity index (χ4v) is 2.59. The van der Waals surface area contributed by atoms with Crippen molar-refractivity contribution in [2.45, 2.75) is 78.0 Å². The van der Waals surface area contributed by atoms with Crippen LogP contribution in [0.15, 0.2) is 0 Å². The number of likely N-dealkylation sites (tertiary alicyclic amines) is 1. The Kier molecular flexibility index (Phi) is 3.78. The number of ether oxygens (including phenoxy) is 2. The summed E-state index contributed by atoms with van der Waals surface area (Å²) >= 11 is 0. The lowest BCUT2D eigenvalue weighted by Crippen LogP contribution is -2.47. The van der Waals surface area contributed by atoms with Crippen LogP contribution in [0.2, 0.25) is 0 Å². The van der Waals surface area contributed by atoms with E-state index in [1.54, 1.807) is 41.5 Å². The second kappa shape index (κ2) is 4.96. The van der Waals surface area contributed by atoms with Crippen molar-refractivity contribution in [3.63, 3.8) is 0 Å². The molecule has 1 spiro atoms. The van der Waals surface area contributed by atoms with E-state index in [4.69, 9.17) is 9.47 Å². The minimum Gasteiger partial charge on any atom is -0.458 e. The van der Waals surface area contributed by atoms with Crippen molar-refractivity contribution in [3.8, 4) is 0 Å². The van der Waals surface area contributed by atoms with Gasteiger partial charge in [0.05, 0.1) is 5.41 Å². The van der Waals surface area contributed by atoms with Gasteiger partial charge in [-0.1, -0.05) is 0 Å². The lowest BCUT2D eigenvalue weighted by atomic mass is 10.0. The van der Waals surface area contributed by atoms with Gasteiger partial charge in [-0.15, -0.1) is 0 Å². The fourth-order valence-electron chi connectivity index (χ4n) is 2.59. The van der Waals surface area contributed by atoms with Gasteiger partial charge in [0.2, 0.25) is 5.91 Å². The Hall–Kier alpha value is -1.59. The van der Waals surface area contributed by atoms with Gasteiger partial charge in [0.15, 0.2) is 0 Å². The van der Waals surface area contributed by atoms with Crippen LogP contribution >= 0.6 is 0 Å². The summed E-state index contributed by atoms with van der Waals surface area (Å²) in [6.45, 7) is 10.4. The molecule has 2 aliphatic rings. The number of hydrogen-bond acceptors (Lipinski definition) is 5. The van der Waals surface area contributed by atoms with Crippen LogP contribution in [0.5, 0.6) is 0 Å². The van der Waals surface area contributed by atoms with Crippen molar-refractivity contribution in [1.29, 1.82) is 0 Å². The molecule has 6 heteroatoms. The Morgan fingerprint density at radius 1 is 1.05 bits per heavy atom. The highest BCUT2D eigenvalue weighted by Gasteiger charge is 2.63. The molecule has 0 N–H and O–H groups in total. The van der Waals surface area contributed by atoms with Crippen molar-refractivity contribution in [2.24, 2.45) is 5.41 Å². The van der Waals surface area contributed by atoms with Crippen LogP contribution < -0.4 is 0 Å². The lowest BCUT2D eigenvalue weighted by Gasteiger charge is -2.28. The lowest BCUT2D eigenvalue weighted by molar-refractivity contribution is -0.161. The van der Waals surface area contributed by atoms with E-state index in [-0.39, 0.29) is 5.91 Å².